The third kappa shape index (κ3) is 10.5. The van der Waals surface area contributed by atoms with E-state index in [1.165, 1.54) is 6.07 Å². The Morgan fingerprint density at radius 3 is 2.06 bits per heavy atom. The van der Waals surface area contributed by atoms with E-state index in [-0.39, 0.29) is 23.3 Å². The fraction of sp³-hybridized carbons (Fsp3) is 0.407. The number of carboxylic acid groups (broad SMARTS) is 2. The molecule has 0 aliphatic heterocycles. The lowest BCUT2D eigenvalue weighted by Crippen LogP contribution is -2.10. The summed E-state index contributed by atoms with van der Waals surface area (Å²) in [5.74, 6) is -2.96. The van der Waals surface area contributed by atoms with Gasteiger partial charge in [0.05, 0.1) is 11.7 Å². The molecule has 7 nitrogen and oxygen atoms in total. The SMILES string of the molecule is CC(C)=C[C@H](O)C/C(=C\CC/C(C)=C/CC/C(C)=C/Cc1cc(C(=O)O)cc(O)c1O)C(=O)O. The van der Waals surface area contributed by atoms with E-state index in [2.05, 4.69) is 6.08 Å². The van der Waals surface area contributed by atoms with Crippen molar-refractivity contribution < 1.29 is 35.1 Å². The van der Waals surface area contributed by atoms with Crippen molar-refractivity contribution in [3.8, 4) is 11.5 Å². The zero-order chi connectivity index (χ0) is 25.8. The lowest BCUT2D eigenvalue weighted by molar-refractivity contribution is -0.133. The number of carboxylic acids is 2. The van der Waals surface area contributed by atoms with E-state index >= 15 is 0 Å². The van der Waals surface area contributed by atoms with Gasteiger partial charge in [-0.25, -0.2) is 9.59 Å². The van der Waals surface area contributed by atoms with Gasteiger partial charge in [0.1, 0.15) is 0 Å². The van der Waals surface area contributed by atoms with E-state index in [0.717, 1.165) is 35.6 Å². The average molecular weight is 473 g/mol. The van der Waals surface area contributed by atoms with E-state index in [1.807, 2.05) is 33.8 Å². The first-order chi connectivity index (χ1) is 15.9. The van der Waals surface area contributed by atoms with Crippen molar-refractivity contribution in [1.29, 1.82) is 0 Å². The van der Waals surface area contributed by atoms with Crippen LogP contribution < -0.4 is 0 Å². The molecular weight excluding hydrogens is 436 g/mol. The second-order valence-electron chi connectivity index (χ2n) is 8.74. The minimum absolute atomic E-state index is 0.0793. The average Bonchev–Trinajstić information content (AvgIpc) is 2.73. The molecule has 34 heavy (non-hydrogen) atoms. The van der Waals surface area contributed by atoms with Crippen LogP contribution in [-0.2, 0) is 11.2 Å². The summed E-state index contributed by atoms with van der Waals surface area (Å²) in [6.07, 6.45) is 9.72. The Labute approximate surface area is 201 Å². The third-order valence-electron chi connectivity index (χ3n) is 5.28. The van der Waals surface area contributed by atoms with Crippen molar-refractivity contribution in [2.45, 2.75) is 72.3 Å². The number of benzene rings is 1. The summed E-state index contributed by atoms with van der Waals surface area (Å²) in [4.78, 5) is 22.5. The van der Waals surface area contributed by atoms with E-state index in [0.29, 0.717) is 24.8 Å². The summed E-state index contributed by atoms with van der Waals surface area (Å²) in [6.45, 7) is 7.64. The highest BCUT2D eigenvalue weighted by molar-refractivity contribution is 5.89. The minimum atomic E-state index is -1.17. The van der Waals surface area contributed by atoms with Crippen molar-refractivity contribution >= 4 is 11.9 Å². The molecule has 0 unspecified atom stereocenters. The summed E-state index contributed by atoms with van der Waals surface area (Å²) in [5.41, 5.74) is 3.60. The highest BCUT2D eigenvalue weighted by Gasteiger charge is 2.13. The van der Waals surface area contributed by atoms with Gasteiger partial charge >= 0.3 is 11.9 Å². The van der Waals surface area contributed by atoms with Crippen molar-refractivity contribution in [2.75, 3.05) is 0 Å². The first-order valence-electron chi connectivity index (χ1n) is 11.3. The van der Waals surface area contributed by atoms with Crippen LogP contribution in [0.25, 0.3) is 0 Å². The maximum atomic E-state index is 11.4. The van der Waals surface area contributed by atoms with Gasteiger partial charge in [0.25, 0.3) is 0 Å². The van der Waals surface area contributed by atoms with Crippen LogP contribution in [0.2, 0.25) is 0 Å². The van der Waals surface area contributed by atoms with Gasteiger partial charge in [-0.05, 0) is 71.9 Å². The fourth-order valence-electron chi connectivity index (χ4n) is 3.39. The molecule has 0 radical (unpaired) electrons. The fourth-order valence-corrected chi connectivity index (χ4v) is 3.39. The van der Waals surface area contributed by atoms with Crippen LogP contribution in [0.4, 0.5) is 0 Å². The first-order valence-corrected chi connectivity index (χ1v) is 11.3. The van der Waals surface area contributed by atoms with Gasteiger partial charge in [0.2, 0.25) is 0 Å². The normalized spacial score (nSPS) is 13.5. The molecule has 0 spiro atoms. The molecule has 0 fully saturated rings. The molecule has 5 N–H and O–H groups in total. The Hall–Kier alpha value is -3.32. The standard InChI is InChI=1S/C27H36O7/c1-17(2)13-23(28)15-21(26(31)32)10-6-9-18(3)7-5-8-19(4)11-12-20-14-22(27(33)34)16-24(29)25(20)30/h7,10-11,13-14,16,23,28-30H,5-6,8-9,12,15H2,1-4H3,(H,31,32)(H,33,34)/b18-7+,19-11+,21-10+/t23-/m0/s1. The van der Waals surface area contributed by atoms with E-state index < -0.39 is 23.8 Å². The van der Waals surface area contributed by atoms with E-state index in [9.17, 15) is 30.0 Å². The number of aliphatic carboxylic acids is 1. The van der Waals surface area contributed by atoms with Crippen molar-refractivity contribution in [3.63, 3.8) is 0 Å². The molecule has 1 rings (SSSR count). The number of rotatable bonds is 13. The molecule has 0 aliphatic carbocycles. The molecule has 1 aromatic rings. The van der Waals surface area contributed by atoms with Crippen LogP contribution in [0.5, 0.6) is 11.5 Å². The second-order valence-corrected chi connectivity index (χ2v) is 8.74. The van der Waals surface area contributed by atoms with Crippen LogP contribution in [0.1, 0.15) is 75.7 Å². The van der Waals surface area contributed by atoms with Gasteiger partial charge in [-0.1, -0.05) is 41.0 Å². The second kappa shape index (κ2) is 14.1. The summed E-state index contributed by atoms with van der Waals surface area (Å²) in [5, 5.41) is 48.1. The molecule has 1 aromatic carbocycles. The number of phenols is 2. The predicted octanol–water partition coefficient (Wildman–Crippen LogP) is 5.52. The maximum absolute atomic E-state index is 11.4. The number of allylic oxidation sites excluding steroid dienone is 6. The van der Waals surface area contributed by atoms with Crippen molar-refractivity contribution in [1.82, 2.24) is 0 Å². The van der Waals surface area contributed by atoms with Crippen LogP contribution in [0.3, 0.4) is 0 Å². The lowest BCUT2D eigenvalue weighted by atomic mass is 10.0. The van der Waals surface area contributed by atoms with Crippen molar-refractivity contribution in [3.05, 3.63) is 69.9 Å². The number of aliphatic hydroxyl groups excluding tert-OH is 1. The molecule has 0 aromatic heterocycles. The smallest absolute Gasteiger partial charge is 0.335 e. The Kier molecular flexibility index (Phi) is 11.9. The maximum Gasteiger partial charge on any atom is 0.335 e. The molecule has 0 saturated carbocycles. The number of aromatic carboxylic acids is 1. The molecule has 0 saturated heterocycles. The van der Waals surface area contributed by atoms with Gasteiger partial charge in [0.15, 0.2) is 11.5 Å². The van der Waals surface area contributed by atoms with Crippen LogP contribution in [0, 0.1) is 0 Å². The topological polar surface area (TPSA) is 135 Å². The molecule has 1 atom stereocenters. The number of aliphatic hydroxyl groups is 1. The number of hydrogen-bond acceptors (Lipinski definition) is 5. The molecule has 0 aliphatic rings. The molecule has 0 bridgehead atoms. The van der Waals surface area contributed by atoms with Gasteiger partial charge in [-0.15, -0.1) is 0 Å². The summed E-state index contributed by atoms with van der Waals surface area (Å²) in [7, 11) is 0. The van der Waals surface area contributed by atoms with Gasteiger partial charge in [-0.3, -0.25) is 0 Å². The van der Waals surface area contributed by atoms with Crippen molar-refractivity contribution in [2.24, 2.45) is 0 Å². The summed E-state index contributed by atoms with van der Waals surface area (Å²) >= 11 is 0. The van der Waals surface area contributed by atoms with Gasteiger partial charge < -0.3 is 25.5 Å². The highest BCUT2D eigenvalue weighted by Crippen LogP contribution is 2.31. The molecule has 0 heterocycles. The summed E-state index contributed by atoms with van der Waals surface area (Å²) in [6, 6.07) is 2.37. The zero-order valence-corrected chi connectivity index (χ0v) is 20.3. The number of carbonyl (C=O) groups is 2. The highest BCUT2D eigenvalue weighted by atomic mass is 16.4. The van der Waals surface area contributed by atoms with Gasteiger partial charge in [0, 0.05) is 17.6 Å². The first kappa shape index (κ1) is 28.7. The quantitative estimate of drug-likeness (QED) is 0.145. The molecule has 186 valence electrons. The molecular formula is C27H36O7. The summed E-state index contributed by atoms with van der Waals surface area (Å²) < 4.78 is 0. The Balaban J connectivity index is 2.61. The zero-order valence-electron chi connectivity index (χ0n) is 20.3. The number of hydrogen-bond donors (Lipinski definition) is 5. The number of aromatic hydroxyl groups is 2. The Morgan fingerprint density at radius 1 is 0.912 bits per heavy atom. The van der Waals surface area contributed by atoms with Crippen LogP contribution in [0.15, 0.2) is 58.7 Å². The predicted molar refractivity (Wildman–Crippen MR) is 132 cm³/mol. The lowest BCUT2D eigenvalue weighted by Gasteiger charge is -2.08. The largest absolute Gasteiger partial charge is 0.504 e. The minimum Gasteiger partial charge on any atom is -0.504 e. The molecule has 0 amide bonds. The van der Waals surface area contributed by atoms with Crippen LogP contribution >= 0.6 is 0 Å². The molecule has 7 heteroatoms. The van der Waals surface area contributed by atoms with E-state index in [1.54, 1.807) is 12.2 Å². The Bertz CT molecular complexity index is 992. The van der Waals surface area contributed by atoms with E-state index in [4.69, 9.17) is 5.11 Å². The monoisotopic (exact) mass is 472 g/mol. The third-order valence-corrected chi connectivity index (χ3v) is 5.28. The van der Waals surface area contributed by atoms with Crippen LogP contribution in [-0.4, -0.2) is 43.6 Å². The number of phenolic OH excluding ortho intramolecular Hbond substituents is 2. The van der Waals surface area contributed by atoms with Gasteiger partial charge in [-0.2, -0.15) is 0 Å². The Morgan fingerprint density at radius 2 is 1.50 bits per heavy atom.